The summed E-state index contributed by atoms with van der Waals surface area (Å²) in [6, 6.07) is 9.73. The van der Waals surface area contributed by atoms with Crippen LogP contribution in [0.1, 0.15) is 29.7 Å². The Kier molecular flexibility index (Phi) is 4.24. The number of aryl methyl sites for hydroxylation is 1. The summed E-state index contributed by atoms with van der Waals surface area (Å²) in [7, 11) is 0. The molecule has 1 N–H and O–H groups in total. The van der Waals surface area contributed by atoms with E-state index in [2.05, 4.69) is 11.4 Å². The maximum Gasteiger partial charge on any atom is 0.258 e. The third-order valence-corrected chi connectivity index (χ3v) is 3.75. The van der Waals surface area contributed by atoms with Gasteiger partial charge in [-0.15, -0.1) is 0 Å². The Morgan fingerprint density at radius 2 is 2.10 bits per heavy atom. The topological polar surface area (TPSA) is 51.5 Å². The molecule has 0 saturated carbocycles. The summed E-state index contributed by atoms with van der Waals surface area (Å²) in [5.41, 5.74) is 2.62. The van der Waals surface area contributed by atoms with Gasteiger partial charge in [0.05, 0.1) is 12.8 Å². The molecule has 1 heterocycles. The zero-order valence-corrected chi connectivity index (χ0v) is 11.9. The number of fused-ring (bicyclic) bond motifs is 1. The third-order valence-electron chi connectivity index (χ3n) is 3.75. The maximum atomic E-state index is 11.8. The van der Waals surface area contributed by atoms with Crippen molar-refractivity contribution in [3.63, 3.8) is 0 Å². The lowest BCUT2D eigenvalue weighted by atomic mass is 9.91. The summed E-state index contributed by atoms with van der Waals surface area (Å²) >= 11 is 0. The van der Waals surface area contributed by atoms with Crippen LogP contribution in [-0.4, -0.2) is 12.5 Å². The number of rotatable bonds is 5. The molecule has 21 heavy (non-hydrogen) atoms. The van der Waals surface area contributed by atoms with Crippen LogP contribution in [0.2, 0.25) is 0 Å². The van der Waals surface area contributed by atoms with Crippen LogP contribution in [0.25, 0.3) is 0 Å². The highest BCUT2D eigenvalue weighted by molar-refractivity contribution is 5.77. The van der Waals surface area contributed by atoms with E-state index in [9.17, 15) is 4.79 Å². The fourth-order valence-electron chi connectivity index (χ4n) is 2.67. The molecule has 0 aliphatic heterocycles. The van der Waals surface area contributed by atoms with Gasteiger partial charge in [0, 0.05) is 0 Å². The smallest absolute Gasteiger partial charge is 0.258 e. The Labute approximate surface area is 124 Å². The predicted octanol–water partition coefficient (Wildman–Crippen LogP) is 2.85. The maximum absolute atomic E-state index is 11.8. The molecule has 4 heteroatoms. The van der Waals surface area contributed by atoms with E-state index in [1.165, 1.54) is 24.0 Å². The molecule has 0 atom stereocenters. The molecule has 0 radical (unpaired) electrons. The van der Waals surface area contributed by atoms with Gasteiger partial charge in [-0.1, -0.05) is 12.1 Å². The van der Waals surface area contributed by atoms with Crippen molar-refractivity contribution < 1.29 is 13.9 Å². The van der Waals surface area contributed by atoms with Gasteiger partial charge in [0.15, 0.2) is 6.61 Å². The van der Waals surface area contributed by atoms with Crippen molar-refractivity contribution >= 4 is 5.91 Å². The van der Waals surface area contributed by atoms with Crippen molar-refractivity contribution in [2.75, 3.05) is 6.61 Å². The number of hydrogen-bond acceptors (Lipinski definition) is 3. The fraction of sp³-hybridized carbons (Fsp3) is 0.353. The highest BCUT2D eigenvalue weighted by atomic mass is 16.5. The number of carbonyl (C=O) groups is 1. The Bertz CT molecular complexity index is 605. The second kappa shape index (κ2) is 6.48. The van der Waals surface area contributed by atoms with E-state index >= 15 is 0 Å². The number of ether oxygens (including phenoxy) is 1. The van der Waals surface area contributed by atoms with Crippen molar-refractivity contribution in [3.8, 4) is 5.75 Å². The first-order chi connectivity index (χ1) is 10.3. The second-order valence-electron chi connectivity index (χ2n) is 5.25. The summed E-state index contributed by atoms with van der Waals surface area (Å²) in [6.07, 6.45) is 6.17. The molecule has 0 spiro atoms. The van der Waals surface area contributed by atoms with Crippen LogP contribution in [0, 0.1) is 0 Å². The van der Waals surface area contributed by atoms with Gasteiger partial charge in [-0.3, -0.25) is 4.79 Å². The average Bonchev–Trinajstić information content (AvgIpc) is 3.04. The first kappa shape index (κ1) is 13.7. The van der Waals surface area contributed by atoms with Gasteiger partial charge in [-0.25, -0.2) is 0 Å². The molecule has 1 amide bonds. The van der Waals surface area contributed by atoms with Gasteiger partial charge in [-0.05, 0) is 55.0 Å². The molecule has 2 aromatic rings. The monoisotopic (exact) mass is 285 g/mol. The Hall–Kier alpha value is -2.23. The zero-order chi connectivity index (χ0) is 14.5. The van der Waals surface area contributed by atoms with Gasteiger partial charge in [-0.2, -0.15) is 0 Å². The second-order valence-corrected chi connectivity index (χ2v) is 5.25. The Morgan fingerprint density at radius 1 is 1.19 bits per heavy atom. The molecule has 4 nitrogen and oxygen atoms in total. The van der Waals surface area contributed by atoms with E-state index in [0.717, 1.165) is 24.4 Å². The van der Waals surface area contributed by atoms with Crippen LogP contribution in [0.5, 0.6) is 5.75 Å². The predicted molar refractivity (Wildman–Crippen MR) is 79.1 cm³/mol. The number of benzene rings is 1. The SMILES string of the molecule is O=C(COc1cccc2c1CCCC2)NCc1ccco1. The van der Waals surface area contributed by atoms with E-state index in [0.29, 0.717) is 6.54 Å². The minimum absolute atomic E-state index is 0.0389. The van der Waals surface area contributed by atoms with Crippen LogP contribution < -0.4 is 10.1 Å². The van der Waals surface area contributed by atoms with Crippen LogP contribution in [0.15, 0.2) is 41.0 Å². The molecular weight excluding hydrogens is 266 g/mol. The molecule has 3 rings (SSSR count). The van der Waals surface area contributed by atoms with E-state index in [4.69, 9.17) is 9.15 Å². The molecular formula is C17H19NO3. The van der Waals surface area contributed by atoms with Crippen molar-refractivity contribution in [3.05, 3.63) is 53.5 Å². The third kappa shape index (κ3) is 3.45. The summed E-state index contributed by atoms with van der Waals surface area (Å²) < 4.78 is 10.9. The summed E-state index contributed by atoms with van der Waals surface area (Å²) in [5.74, 6) is 1.45. The average molecular weight is 285 g/mol. The fourth-order valence-corrected chi connectivity index (χ4v) is 2.67. The van der Waals surface area contributed by atoms with Crippen molar-refractivity contribution in [2.24, 2.45) is 0 Å². The number of amides is 1. The summed E-state index contributed by atoms with van der Waals surface area (Å²) in [4.78, 5) is 11.8. The van der Waals surface area contributed by atoms with Gasteiger partial charge < -0.3 is 14.5 Å². The van der Waals surface area contributed by atoms with E-state index in [1.54, 1.807) is 12.3 Å². The minimum atomic E-state index is -0.139. The van der Waals surface area contributed by atoms with Crippen LogP contribution in [-0.2, 0) is 24.2 Å². The lowest BCUT2D eigenvalue weighted by Gasteiger charge is -2.19. The molecule has 1 aliphatic rings. The highest BCUT2D eigenvalue weighted by Gasteiger charge is 2.14. The lowest BCUT2D eigenvalue weighted by Crippen LogP contribution is -2.28. The van der Waals surface area contributed by atoms with E-state index < -0.39 is 0 Å². The summed E-state index contributed by atoms with van der Waals surface area (Å²) in [6.45, 7) is 0.430. The molecule has 1 aromatic heterocycles. The van der Waals surface area contributed by atoms with Gasteiger partial charge in [0.25, 0.3) is 5.91 Å². The number of carbonyl (C=O) groups excluding carboxylic acids is 1. The molecule has 1 aromatic carbocycles. The van der Waals surface area contributed by atoms with Crippen LogP contribution >= 0.6 is 0 Å². The van der Waals surface area contributed by atoms with Gasteiger partial charge in [0.2, 0.25) is 0 Å². The van der Waals surface area contributed by atoms with E-state index in [1.807, 2.05) is 18.2 Å². The molecule has 0 saturated heterocycles. The molecule has 0 fully saturated rings. The first-order valence-corrected chi connectivity index (χ1v) is 7.35. The quantitative estimate of drug-likeness (QED) is 0.919. The lowest BCUT2D eigenvalue weighted by molar-refractivity contribution is -0.123. The molecule has 110 valence electrons. The highest BCUT2D eigenvalue weighted by Crippen LogP contribution is 2.29. The van der Waals surface area contributed by atoms with Crippen molar-refractivity contribution in [1.29, 1.82) is 0 Å². The van der Waals surface area contributed by atoms with Crippen molar-refractivity contribution in [1.82, 2.24) is 5.32 Å². The van der Waals surface area contributed by atoms with Crippen LogP contribution in [0.4, 0.5) is 0 Å². The molecule has 0 unspecified atom stereocenters. The van der Waals surface area contributed by atoms with Crippen LogP contribution in [0.3, 0.4) is 0 Å². The Morgan fingerprint density at radius 3 is 2.95 bits per heavy atom. The Balaban J connectivity index is 1.54. The van der Waals surface area contributed by atoms with Gasteiger partial charge >= 0.3 is 0 Å². The molecule has 0 bridgehead atoms. The van der Waals surface area contributed by atoms with Gasteiger partial charge in [0.1, 0.15) is 11.5 Å². The summed E-state index contributed by atoms with van der Waals surface area (Å²) in [5, 5.41) is 2.78. The molecule has 1 aliphatic carbocycles. The van der Waals surface area contributed by atoms with E-state index in [-0.39, 0.29) is 12.5 Å². The first-order valence-electron chi connectivity index (χ1n) is 7.35. The number of hydrogen-bond donors (Lipinski definition) is 1. The normalized spacial score (nSPS) is 13.5. The number of furan rings is 1. The standard InChI is InChI=1S/C17H19NO3/c19-17(18-11-14-7-4-10-20-14)12-21-16-9-3-6-13-5-1-2-8-15(13)16/h3-4,6-7,9-10H,1-2,5,8,11-12H2,(H,18,19). The largest absolute Gasteiger partial charge is 0.483 e. The zero-order valence-electron chi connectivity index (χ0n) is 11.9. The number of nitrogens with one attached hydrogen (secondary N) is 1. The van der Waals surface area contributed by atoms with Crippen molar-refractivity contribution in [2.45, 2.75) is 32.2 Å². The minimum Gasteiger partial charge on any atom is -0.483 e.